The maximum atomic E-state index is 13.1. The minimum absolute atomic E-state index is 0. The highest BCUT2D eigenvalue weighted by atomic mass is 35.5. The lowest BCUT2D eigenvalue weighted by molar-refractivity contribution is 0.243. The molecule has 1 heterocycles. The lowest BCUT2D eigenvalue weighted by atomic mass is 9.93. The van der Waals surface area contributed by atoms with Gasteiger partial charge in [-0.05, 0) is 37.8 Å². The van der Waals surface area contributed by atoms with Gasteiger partial charge in [0.2, 0.25) is 10.0 Å². The van der Waals surface area contributed by atoms with Crippen molar-refractivity contribution < 1.29 is 8.42 Å². The maximum Gasteiger partial charge on any atom is 0.243 e. The van der Waals surface area contributed by atoms with Crippen LogP contribution in [0.4, 0.5) is 0 Å². The molecule has 2 unspecified atom stereocenters. The minimum atomic E-state index is -3.55. The summed E-state index contributed by atoms with van der Waals surface area (Å²) in [5.74, 6) is 0.206. The summed E-state index contributed by atoms with van der Waals surface area (Å²) in [6.45, 7) is 2.97. The third kappa shape index (κ3) is 3.55. The molecule has 2 N–H and O–H groups in total. The first-order valence-electron chi connectivity index (χ1n) is 7.84. The number of rotatable bonds is 3. The Bertz CT molecular complexity index is 824. The quantitative estimate of drug-likeness (QED) is 0.872. The van der Waals surface area contributed by atoms with Crippen molar-refractivity contribution in [1.82, 2.24) is 4.31 Å². The van der Waals surface area contributed by atoms with E-state index in [0.29, 0.717) is 28.4 Å². The number of benzene rings is 2. The molecule has 2 atom stereocenters. The molecule has 2 aromatic rings. The monoisotopic (exact) mass is 388 g/mol. The molecule has 132 valence electrons. The molecule has 1 fully saturated rings. The van der Waals surface area contributed by atoms with Crippen LogP contribution in [0, 0.1) is 5.92 Å². The second kappa shape index (κ2) is 7.58. The Kier molecular flexibility index (Phi) is 6.15. The predicted molar refractivity (Wildman–Crippen MR) is 101 cm³/mol. The van der Waals surface area contributed by atoms with E-state index in [4.69, 9.17) is 17.3 Å². The summed E-state index contributed by atoms with van der Waals surface area (Å²) >= 11 is 6.20. The average Bonchev–Trinajstić information content (AvgIpc) is 2.55. The summed E-state index contributed by atoms with van der Waals surface area (Å²) in [5.41, 5.74) is 5.98. The fourth-order valence-corrected chi connectivity index (χ4v) is 5.18. The van der Waals surface area contributed by atoms with Crippen LogP contribution in [0.15, 0.2) is 41.3 Å². The predicted octanol–water partition coefficient (Wildman–Crippen LogP) is 3.66. The average molecular weight is 389 g/mol. The van der Waals surface area contributed by atoms with Gasteiger partial charge in [0.05, 0.1) is 4.90 Å². The molecule has 1 aliphatic rings. The van der Waals surface area contributed by atoms with Gasteiger partial charge in [-0.15, -0.1) is 12.4 Å². The van der Waals surface area contributed by atoms with Crippen LogP contribution in [0.1, 0.15) is 19.8 Å². The third-order valence-electron chi connectivity index (χ3n) is 4.61. The summed E-state index contributed by atoms with van der Waals surface area (Å²) in [6, 6.07) is 10.6. The van der Waals surface area contributed by atoms with E-state index in [-0.39, 0.29) is 24.4 Å². The summed E-state index contributed by atoms with van der Waals surface area (Å²) in [4.78, 5) is 0.322. The molecule has 1 aliphatic heterocycles. The Morgan fingerprint density at radius 2 is 1.88 bits per heavy atom. The number of nitrogens with zero attached hydrogens (tertiary/aromatic N) is 1. The zero-order chi connectivity index (χ0) is 16.6. The summed E-state index contributed by atoms with van der Waals surface area (Å²) in [5, 5.41) is 1.99. The molecule has 2 aromatic carbocycles. The molecule has 0 saturated carbocycles. The van der Waals surface area contributed by atoms with E-state index < -0.39 is 10.0 Å². The largest absolute Gasteiger partial charge is 0.328 e. The van der Waals surface area contributed by atoms with Crippen molar-refractivity contribution in [3.63, 3.8) is 0 Å². The zero-order valence-corrected chi connectivity index (χ0v) is 15.9. The number of hydrogen-bond acceptors (Lipinski definition) is 3. The minimum Gasteiger partial charge on any atom is -0.328 e. The zero-order valence-electron chi connectivity index (χ0n) is 13.5. The molecule has 0 aliphatic carbocycles. The Labute approximate surface area is 154 Å². The lowest BCUT2D eigenvalue weighted by Crippen LogP contribution is -2.44. The van der Waals surface area contributed by atoms with Crippen LogP contribution in [-0.4, -0.2) is 31.9 Å². The molecule has 3 rings (SSSR count). The number of sulfonamides is 1. The third-order valence-corrected chi connectivity index (χ3v) is 6.87. The molecule has 0 spiro atoms. The van der Waals surface area contributed by atoms with E-state index >= 15 is 0 Å². The molecule has 0 radical (unpaired) electrons. The smallest absolute Gasteiger partial charge is 0.243 e. The fourth-order valence-electron chi connectivity index (χ4n) is 3.22. The Morgan fingerprint density at radius 1 is 1.21 bits per heavy atom. The van der Waals surface area contributed by atoms with Crippen LogP contribution in [-0.2, 0) is 10.0 Å². The van der Waals surface area contributed by atoms with Crippen molar-refractivity contribution >= 4 is 44.8 Å². The van der Waals surface area contributed by atoms with Crippen molar-refractivity contribution in [2.75, 3.05) is 13.1 Å². The van der Waals surface area contributed by atoms with Crippen LogP contribution >= 0.6 is 24.0 Å². The number of hydrogen-bond donors (Lipinski definition) is 1. The van der Waals surface area contributed by atoms with E-state index in [9.17, 15) is 8.42 Å². The highest BCUT2D eigenvalue weighted by Gasteiger charge is 2.32. The van der Waals surface area contributed by atoms with Crippen molar-refractivity contribution in [2.45, 2.75) is 30.7 Å². The van der Waals surface area contributed by atoms with E-state index in [0.717, 1.165) is 18.2 Å². The Morgan fingerprint density at radius 3 is 2.54 bits per heavy atom. The molecule has 0 aromatic heterocycles. The fraction of sp³-hybridized carbons (Fsp3) is 0.412. The number of piperidine rings is 1. The molecule has 0 amide bonds. The van der Waals surface area contributed by atoms with E-state index in [1.54, 1.807) is 22.5 Å². The van der Waals surface area contributed by atoms with Crippen LogP contribution < -0.4 is 5.73 Å². The molecular formula is C17H22Cl2N2O2S. The van der Waals surface area contributed by atoms with Crippen LogP contribution in [0.25, 0.3) is 10.8 Å². The highest BCUT2D eigenvalue weighted by Crippen LogP contribution is 2.32. The van der Waals surface area contributed by atoms with Gasteiger partial charge in [0.1, 0.15) is 0 Å². The van der Waals surface area contributed by atoms with E-state index in [1.165, 1.54) is 0 Å². The van der Waals surface area contributed by atoms with Gasteiger partial charge in [-0.3, -0.25) is 0 Å². The molecular weight excluding hydrogens is 367 g/mol. The van der Waals surface area contributed by atoms with Crippen molar-refractivity contribution in [3.8, 4) is 0 Å². The van der Waals surface area contributed by atoms with Gasteiger partial charge in [0, 0.05) is 34.9 Å². The summed E-state index contributed by atoms with van der Waals surface area (Å²) in [7, 11) is -3.55. The van der Waals surface area contributed by atoms with Gasteiger partial charge in [-0.2, -0.15) is 4.31 Å². The number of nitrogens with two attached hydrogens (primary N) is 1. The van der Waals surface area contributed by atoms with E-state index in [2.05, 4.69) is 0 Å². The molecule has 24 heavy (non-hydrogen) atoms. The normalized spacial score (nSPS) is 20.5. The van der Waals surface area contributed by atoms with Crippen molar-refractivity contribution in [2.24, 2.45) is 11.7 Å². The maximum absolute atomic E-state index is 13.1. The van der Waals surface area contributed by atoms with Gasteiger partial charge in [-0.25, -0.2) is 8.42 Å². The second-order valence-corrected chi connectivity index (χ2v) is 8.53. The van der Waals surface area contributed by atoms with E-state index in [1.807, 2.05) is 25.1 Å². The van der Waals surface area contributed by atoms with Crippen LogP contribution in [0.5, 0.6) is 0 Å². The summed E-state index contributed by atoms with van der Waals surface area (Å²) in [6.07, 6.45) is 1.82. The first kappa shape index (κ1) is 19.5. The van der Waals surface area contributed by atoms with Gasteiger partial charge >= 0.3 is 0 Å². The van der Waals surface area contributed by atoms with Crippen molar-refractivity contribution in [1.29, 1.82) is 0 Å². The topological polar surface area (TPSA) is 63.4 Å². The van der Waals surface area contributed by atoms with Crippen LogP contribution in [0.2, 0.25) is 5.02 Å². The SMILES string of the molecule is CC(N)C1CCCN(S(=O)(=O)c2ccc(Cl)c3ccccc23)C1.Cl. The van der Waals surface area contributed by atoms with Crippen molar-refractivity contribution in [3.05, 3.63) is 41.4 Å². The van der Waals surface area contributed by atoms with Crippen LogP contribution in [0.3, 0.4) is 0 Å². The summed E-state index contributed by atoms with van der Waals surface area (Å²) < 4.78 is 27.8. The molecule has 4 nitrogen and oxygen atoms in total. The lowest BCUT2D eigenvalue weighted by Gasteiger charge is -2.34. The number of fused-ring (bicyclic) bond motifs is 1. The van der Waals surface area contributed by atoms with Gasteiger partial charge in [0.25, 0.3) is 0 Å². The number of halogens is 2. The van der Waals surface area contributed by atoms with Gasteiger partial charge in [0.15, 0.2) is 0 Å². The molecule has 1 saturated heterocycles. The molecule has 7 heteroatoms. The van der Waals surface area contributed by atoms with Gasteiger partial charge < -0.3 is 5.73 Å². The first-order chi connectivity index (χ1) is 10.9. The molecule has 0 bridgehead atoms. The highest BCUT2D eigenvalue weighted by molar-refractivity contribution is 7.89. The first-order valence-corrected chi connectivity index (χ1v) is 9.66. The Hall–Kier alpha value is -0.850. The standard InChI is InChI=1S/C17H21ClN2O2S.ClH/c1-12(19)13-5-4-10-20(11-13)23(21,22)17-9-8-16(18)14-6-2-3-7-15(14)17;/h2-3,6-9,12-13H,4-5,10-11,19H2,1H3;1H. The van der Waals surface area contributed by atoms with Gasteiger partial charge in [-0.1, -0.05) is 35.9 Å². The Balaban J connectivity index is 0.00000208. The second-order valence-electron chi connectivity index (χ2n) is 6.22.